The Labute approximate surface area is 129 Å². The van der Waals surface area contributed by atoms with Crippen molar-refractivity contribution in [3.05, 3.63) is 0 Å². The third-order valence-electron chi connectivity index (χ3n) is 4.10. The van der Waals surface area contributed by atoms with Gasteiger partial charge in [0.25, 0.3) is 0 Å². The van der Waals surface area contributed by atoms with Gasteiger partial charge >= 0.3 is 0 Å². The number of piperidine rings is 1. The maximum atomic E-state index is 11.7. The Morgan fingerprint density at radius 1 is 1.29 bits per heavy atom. The lowest BCUT2D eigenvalue weighted by molar-refractivity contribution is -0.119. The van der Waals surface area contributed by atoms with Crippen molar-refractivity contribution in [2.45, 2.75) is 55.5 Å². The van der Waals surface area contributed by atoms with Crippen LogP contribution in [0, 0.1) is 0 Å². The summed E-state index contributed by atoms with van der Waals surface area (Å²) >= 11 is 1.51. The van der Waals surface area contributed by atoms with Crippen LogP contribution in [-0.2, 0) is 4.79 Å². The lowest BCUT2D eigenvalue weighted by atomic mass is 10.1. The van der Waals surface area contributed by atoms with Crippen LogP contribution in [0.25, 0.3) is 0 Å². The number of thioether (sulfide) groups is 1. The topological polar surface area (TPSA) is 63.1 Å². The van der Waals surface area contributed by atoms with Gasteiger partial charge in [-0.2, -0.15) is 0 Å². The number of nitrogens with zero attached hydrogens (tertiary/aromatic N) is 4. The Bertz CT molecular complexity index is 507. The van der Waals surface area contributed by atoms with Crippen LogP contribution in [0.3, 0.4) is 0 Å². The molecule has 1 aliphatic carbocycles. The van der Waals surface area contributed by atoms with Crippen LogP contribution < -0.4 is 10.2 Å². The van der Waals surface area contributed by atoms with Crippen molar-refractivity contribution in [1.82, 2.24) is 20.1 Å². The molecule has 2 heterocycles. The van der Waals surface area contributed by atoms with Crippen molar-refractivity contribution in [3.63, 3.8) is 0 Å². The maximum Gasteiger partial charge on any atom is 0.233 e. The lowest BCUT2D eigenvalue weighted by Crippen LogP contribution is -2.32. The molecule has 0 bridgehead atoms. The SMILES string of the molecule is CNC(=O)[C@@H](C)Sc1nnc(N2CCCCC2)n1C1CC1. The molecule has 116 valence electrons. The highest BCUT2D eigenvalue weighted by Crippen LogP contribution is 2.41. The first-order valence-electron chi connectivity index (χ1n) is 7.79. The smallest absolute Gasteiger partial charge is 0.233 e. The molecular formula is C14H23N5OS. The Hall–Kier alpha value is -1.24. The number of carbonyl (C=O) groups excluding carboxylic acids is 1. The highest BCUT2D eigenvalue weighted by molar-refractivity contribution is 8.00. The molecule has 1 saturated carbocycles. The van der Waals surface area contributed by atoms with Gasteiger partial charge in [0.15, 0.2) is 5.16 Å². The molecular weight excluding hydrogens is 286 g/mol. The van der Waals surface area contributed by atoms with Crippen LogP contribution >= 0.6 is 11.8 Å². The number of hydrogen-bond donors (Lipinski definition) is 1. The number of anilines is 1. The van der Waals surface area contributed by atoms with Gasteiger partial charge in [-0.05, 0) is 39.0 Å². The zero-order valence-corrected chi connectivity index (χ0v) is 13.5. The largest absolute Gasteiger partial charge is 0.358 e. The number of amides is 1. The molecule has 6 nitrogen and oxygen atoms in total. The Kier molecular flexibility index (Phi) is 4.37. The Morgan fingerprint density at radius 2 is 2.00 bits per heavy atom. The van der Waals surface area contributed by atoms with Crippen molar-refractivity contribution in [3.8, 4) is 0 Å². The summed E-state index contributed by atoms with van der Waals surface area (Å²) < 4.78 is 2.26. The summed E-state index contributed by atoms with van der Waals surface area (Å²) in [4.78, 5) is 14.1. The van der Waals surface area contributed by atoms with E-state index in [2.05, 4.69) is 25.0 Å². The van der Waals surface area contributed by atoms with E-state index in [9.17, 15) is 4.79 Å². The second kappa shape index (κ2) is 6.25. The van der Waals surface area contributed by atoms with E-state index in [1.165, 1.54) is 43.9 Å². The minimum Gasteiger partial charge on any atom is -0.358 e. The van der Waals surface area contributed by atoms with E-state index in [1.807, 2.05) is 6.92 Å². The predicted molar refractivity (Wildman–Crippen MR) is 83.7 cm³/mol. The standard InChI is InChI=1S/C14H23N5OS/c1-10(12(20)15-2)21-14-17-16-13(19(14)11-6-7-11)18-8-4-3-5-9-18/h10-11H,3-9H2,1-2H3,(H,15,20)/t10-/m1/s1. The number of aromatic nitrogens is 3. The summed E-state index contributed by atoms with van der Waals surface area (Å²) in [5.74, 6) is 1.04. The molecule has 2 fully saturated rings. The average Bonchev–Trinajstić information content (AvgIpc) is 3.28. The number of rotatable bonds is 5. The van der Waals surface area contributed by atoms with E-state index in [1.54, 1.807) is 7.05 Å². The van der Waals surface area contributed by atoms with Crippen LogP contribution in [0.5, 0.6) is 0 Å². The molecule has 1 aliphatic heterocycles. The van der Waals surface area contributed by atoms with Gasteiger partial charge in [-0.3, -0.25) is 9.36 Å². The zero-order chi connectivity index (χ0) is 14.8. The predicted octanol–water partition coefficient (Wildman–Crippen LogP) is 1.83. The fraction of sp³-hybridized carbons (Fsp3) is 0.786. The van der Waals surface area contributed by atoms with Crippen molar-refractivity contribution in [1.29, 1.82) is 0 Å². The van der Waals surface area contributed by atoms with Crippen molar-refractivity contribution < 1.29 is 4.79 Å². The highest BCUT2D eigenvalue weighted by Gasteiger charge is 2.33. The normalized spacial score (nSPS) is 20.4. The van der Waals surface area contributed by atoms with E-state index in [0.29, 0.717) is 6.04 Å². The number of hydrogen-bond acceptors (Lipinski definition) is 5. The average molecular weight is 309 g/mol. The summed E-state index contributed by atoms with van der Waals surface area (Å²) in [6.45, 7) is 4.05. The fourth-order valence-corrected chi connectivity index (χ4v) is 3.70. The molecule has 7 heteroatoms. The first-order valence-corrected chi connectivity index (χ1v) is 8.66. The van der Waals surface area contributed by atoms with Crippen LogP contribution in [-0.4, -0.2) is 46.1 Å². The maximum absolute atomic E-state index is 11.7. The number of nitrogens with one attached hydrogen (secondary N) is 1. The number of carbonyl (C=O) groups is 1. The van der Waals surface area contributed by atoms with Crippen LogP contribution in [0.15, 0.2) is 5.16 Å². The van der Waals surface area contributed by atoms with Crippen LogP contribution in [0.2, 0.25) is 0 Å². The Morgan fingerprint density at radius 3 is 2.62 bits per heavy atom. The molecule has 2 aliphatic rings. The van der Waals surface area contributed by atoms with Gasteiger partial charge in [-0.15, -0.1) is 10.2 Å². The summed E-state index contributed by atoms with van der Waals surface area (Å²) in [7, 11) is 1.67. The molecule has 21 heavy (non-hydrogen) atoms. The molecule has 1 aromatic rings. The minimum absolute atomic E-state index is 0.0323. The van der Waals surface area contributed by atoms with E-state index < -0.39 is 0 Å². The van der Waals surface area contributed by atoms with Gasteiger partial charge in [0.1, 0.15) is 0 Å². The van der Waals surface area contributed by atoms with Gasteiger partial charge in [-0.1, -0.05) is 11.8 Å². The molecule has 0 radical (unpaired) electrons. The van der Waals surface area contributed by atoms with Gasteiger partial charge in [0.05, 0.1) is 5.25 Å². The quantitative estimate of drug-likeness (QED) is 0.841. The first-order chi connectivity index (χ1) is 10.2. The Balaban J connectivity index is 1.80. The molecule has 1 N–H and O–H groups in total. The first kappa shape index (κ1) is 14.7. The molecule has 1 amide bonds. The van der Waals surface area contributed by atoms with Gasteiger partial charge in [-0.25, -0.2) is 0 Å². The summed E-state index contributed by atoms with van der Waals surface area (Å²) in [5, 5.41) is 12.2. The summed E-state index contributed by atoms with van der Waals surface area (Å²) in [6, 6.07) is 0.524. The van der Waals surface area contributed by atoms with Crippen LogP contribution in [0.4, 0.5) is 5.95 Å². The lowest BCUT2D eigenvalue weighted by Gasteiger charge is -2.28. The summed E-state index contributed by atoms with van der Waals surface area (Å²) in [5.41, 5.74) is 0. The van der Waals surface area contributed by atoms with Gasteiger partial charge in [0.2, 0.25) is 11.9 Å². The van der Waals surface area contributed by atoms with Crippen LogP contribution in [0.1, 0.15) is 45.1 Å². The fourth-order valence-electron chi connectivity index (χ4n) is 2.73. The minimum atomic E-state index is -0.147. The van der Waals surface area contributed by atoms with E-state index in [-0.39, 0.29) is 11.2 Å². The molecule has 0 spiro atoms. The van der Waals surface area contributed by atoms with Crippen molar-refractivity contribution in [2.75, 3.05) is 25.0 Å². The van der Waals surface area contributed by atoms with E-state index >= 15 is 0 Å². The second-order valence-corrected chi connectivity index (χ2v) is 7.11. The molecule has 1 saturated heterocycles. The van der Waals surface area contributed by atoms with Crippen molar-refractivity contribution in [2.24, 2.45) is 0 Å². The molecule has 0 aromatic carbocycles. The highest BCUT2D eigenvalue weighted by atomic mass is 32.2. The van der Waals surface area contributed by atoms with Gasteiger partial charge < -0.3 is 10.2 Å². The molecule has 1 atom stereocenters. The van der Waals surface area contributed by atoms with Gasteiger partial charge in [0, 0.05) is 26.2 Å². The molecule has 3 rings (SSSR count). The van der Waals surface area contributed by atoms with Crippen molar-refractivity contribution >= 4 is 23.6 Å². The third kappa shape index (κ3) is 3.17. The zero-order valence-electron chi connectivity index (χ0n) is 12.7. The van der Waals surface area contributed by atoms with E-state index in [0.717, 1.165) is 24.2 Å². The van der Waals surface area contributed by atoms with E-state index in [4.69, 9.17) is 0 Å². The molecule has 1 aromatic heterocycles. The molecule has 0 unspecified atom stereocenters. The summed E-state index contributed by atoms with van der Waals surface area (Å²) in [6.07, 6.45) is 6.16. The monoisotopic (exact) mass is 309 g/mol. The third-order valence-corrected chi connectivity index (χ3v) is 5.15. The second-order valence-electron chi connectivity index (χ2n) is 5.81.